The summed E-state index contributed by atoms with van der Waals surface area (Å²) in [6, 6.07) is -0.367. The SMILES string of the molecule is Cc1ncn(CC(=O)N2CCN(c3sc(C(F)(F)F)nc3-c3cnc(C(F)(F)F)nc3)C[C@H]2C)n1. The Morgan fingerprint density at radius 2 is 1.77 bits per heavy atom. The average Bonchev–Trinajstić information content (AvgIpc) is 3.39. The van der Waals surface area contributed by atoms with Crippen LogP contribution in [-0.4, -0.2) is 66.2 Å². The number of rotatable bonds is 4. The highest BCUT2D eigenvalue weighted by Gasteiger charge is 2.39. The van der Waals surface area contributed by atoms with Crippen molar-refractivity contribution in [1.82, 2.24) is 34.6 Å². The maximum atomic E-state index is 13.4. The van der Waals surface area contributed by atoms with E-state index in [-0.39, 0.29) is 54.4 Å². The van der Waals surface area contributed by atoms with E-state index in [0.29, 0.717) is 17.2 Å². The number of hydrogen-bond acceptors (Lipinski definition) is 8. The molecule has 1 amide bonds. The molecule has 4 rings (SSSR count). The van der Waals surface area contributed by atoms with Gasteiger partial charge in [0.2, 0.25) is 16.7 Å². The van der Waals surface area contributed by atoms with Gasteiger partial charge in [-0.3, -0.25) is 4.79 Å². The first kappa shape index (κ1) is 24.8. The van der Waals surface area contributed by atoms with E-state index in [1.807, 2.05) is 0 Å². The summed E-state index contributed by atoms with van der Waals surface area (Å²) in [6.45, 7) is 4.01. The lowest BCUT2D eigenvalue weighted by Gasteiger charge is -2.40. The second-order valence-corrected chi connectivity index (χ2v) is 8.81. The summed E-state index contributed by atoms with van der Waals surface area (Å²) >= 11 is 0.381. The predicted octanol–water partition coefficient (Wildman–Crippen LogP) is 3.27. The van der Waals surface area contributed by atoms with Gasteiger partial charge in [-0.2, -0.15) is 31.4 Å². The quantitative estimate of drug-likeness (QED) is 0.488. The van der Waals surface area contributed by atoms with Crippen LogP contribution >= 0.6 is 11.3 Å². The molecular formula is C19H18F6N8OS. The van der Waals surface area contributed by atoms with Crippen molar-refractivity contribution in [2.24, 2.45) is 0 Å². The summed E-state index contributed by atoms with van der Waals surface area (Å²) in [5, 5.41) is 3.05. The number of carbonyl (C=O) groups excluding carboxylic acids is 1. The van der Waals surface area contributed by atoms with Crippen molar-refractivity contribution >= 4 is 22.2 Å². The highest BCUT2D eigenvalue weighted by Crippen LogP contribution is 2.43. The van der Waals surface area contributed by atoms with Crippen LogP contribution in [0.4, 0.5) is 31.3 Å². The zero-order chi connectivity index (χ0) is 25.5. The smallest absolute Gasteiger partial charge is 0.358 e. The molecule has 1 aliphatic rings. The van der Waals surface area contributed by atoms with E-state index in [1.165, 1.54) is 11.0 Å². The maximum Gasteiger partial charge on any atom is 0.451 e. The van der Waals surface area contributed by atoms with E-state index in [1.54, 1.807) is 23.6 Å². The number of amides is 1. The highest BCUT2D eigenvalue weighted by molar-refractivity contribution is 7.16. The standard InChI is InChI=1S/C19H18F6N8OS/c1-10-7-31(3-4-33(10)13(34)8-32-9-28-11(2)30-32)15-14(29-17(35-15)19(23,24)25)12-5-26-16(27-6-12)18(20,21)22/h5-6,9-10H,3-4,7-8H2,1-2H3/t10-/m1/s1. The number of aromatic nitrogens is 6. The summed E-state index contributed by atoms with van der Waals surface area (Å²) in [4.78, 5) is 30.0. The largest absolute Gasteiger partial charge is 0.451 e. The van der Waals surface area contributed by atoms with E-state index in [2.05, 4.69) is 25.0 Å². The number of halogens is 6. The van der Waals surface area contributed by atoms with Gasteiger partial charge in [0.05, 0.1) is 0 Å². The van der Waals surface area contributed by atoms with Crippen LogP contribution in [0, 0.1) is 6.92 Å². The van der Waals surface area contributed by atoms with Gasteiger partial charge in [0.25, 0.3) is 0 Å². The second-order valence-electron chi connectivity index (χ2n) is 7.84. The molecule has 9 nitrogen and oxygen atoms in total. The molecule has 1 aliphatic heterocycles. The van der Waals surface area contributed by atoms with Crippen molar-refractivity contribution in [2.75, 3.05) is 24.5 Å². The zero-order valence-corrected chi connectivity index (χ0v) is 19.1. The molecule has 1 atom stereocenters. The zero-order valence-electron chi connectivity index (χ0n) is 18.3. The number of piperazine rings is 1. The predicted molar refractivity (Wildman–Crippen MR) is 111 cm³/mol. The van der Waals surface area contributed by atoms with Crippen molar-refractivity contribution in [1.29, 1.82) is 0 Å². The van der Waals surface area contributed by atoms with Gasteiger partial charge in [0.1, 0.15) is 29.4 Å². The van der Waals surface area contributed by atoms with E-state index >= 15 is 0 Å². The normalized spacial score (nSPS) is 17.2. The molecule has 3 aromatic rings. The van der Waals surface area contributed by atoms with Crippen LogP contribution in [0.5, 0.6) is 0 Å². The summed E-state index contributed by atoms with van der Waals surface area (Å²) < 4.78 is 80.1. The Bertz CT molecular complexity index is 1210. The average molecular weight is 520 g/mol. The van der Waals surface area contributed by atoms with Crippen LogP contribution in [-0.2, 0) is 23.7 Å². The fourth-order valence-corrected chi connectivity index (χ4v) is 4.63. The van der Waals surface area contributed by atoms with Gasteiger partial charge in [-0.05, 0) is 13.8 Å². The van der Waals surface area contributed by atoms with Gasteiger partial charge in [-0.15, -0.1) is 0 Å². The third-order valence-corrected chi connectivity index (χ3v) is 6.37. The van der Waals surface area contributed by atoms with E-state index in [4.69, 9.17) is 0 Å². The first-order valence-corrected chi connectivity index (χ1v) is 11.0. The van der Waals surface area contributed by atoms with Gasteiger partial charge in [-0.1, -0.05) is 11.3 Å². The van der Waals surface area contributed by atoms with Gasteiger partial charge in [-0.25, -0.2) is 24.6 Å². The summed E-state index contributed by atoms with van der Waals surface area (Å²) in [5.74, 6) is -1.11. The molecule has 1 fully saturated rings. The molecular weight excluding hydrogens is 502 g/mol. The molecule has 0 unspecified atom stereocenters. The molecule has 35 heavy (non-hydrogen) atoms. The molecule has 188 valence electrons. The maximum absolute atomic E-state index is 13.4. The number of anilines is 1. The number of alkyl halides is 6. The third-order valence-electron chi connectivity index (χ3n) is 5.21. The van der Waals surface area contributed by atoms with Crippen molar-refractivity contribution in [3.63, 3.8) is 0 Å². The lowest BCUT2D eigenvalue weighted by Crippen LogP contribution is -2.54. The molecule has 0 radical (unpaired) electrons. The first-order valence-electron chi connectivity index (χ1n) is 10.2. The molecule has 3 aromatic heterocycles. The Morgan fingerprint density at radius 1 is 1.09 bits per heavy atom. The number of hydrogen-bond donors (Lipinski definition) is 0. The Balaban J connectivity index is 1.57. The van der Waals surface area contributed by atoms with Crippen molar-refractivity contribution in [3.05, 3.63) is 35.4 Å². The topological polar surface area (TPSA) is 92.9 Å². The Kier molecular flexibility index (Phi) is 6.42. The fourth-order valence-electron chi connectivity index (χ4n) is 3.64. The number of aryl methyl sites for hydroxylation is 1. The Hall–Kier alpha value is -3.30. The Morgan fingerprint density at radius 3 is 2.31 bits per heavy atom. The number of carbonyl (C=O) groups is 1. The lowest BCUT2D eigenvalue weighted by atomic mass is 10.1. The minimum atomic E-state index is -4.79. The molecule has 0 bridgehead atoms. The summed E-state index contributed by atoms with van der Waals surface area (Å²) in [7, 11) is 0. The van der Waals surface area contributed by atoms with Crippen molar-refractivity contribution in [3.8, 4) is 11.3 Å². The Labute approximate surface area is 198 Å². The van der Waals surface area contributed by atoms with Gasteiger partial charge in [0, 0.05) is 43.6 Å². The second kappa shape index (κ2) is 9.05. The first-order chi connectivity index (χ1) is 16.3. The van der Waals surface area contributed by atoms with Gasteiger partial charge < -0.3 is 9.80 Å². The molecule has 0 aromatic carbocycles. The molecule has 0 spiro atoms. The van der Waals surface area contributed by atoms with E-state index in [0.717, 1.165) is 12.4 Å². The van der Waals surface area contributed by atoms with Crippen LogP contribution in [0.15, 0.2) is 18.7 Å². The summed E-state index contributed by atoms with van der Waals surface area (Å²) in [5.41, 5.74) is -0.242. The van der Waals surface area contributed by atoms with Crippen LogP contribution in [0.2, 0.25) is 0 Å². The third kappa shape index (κ3) is 5.36. The van der Waals surface area contributed by atoms with Crippen LogP contribution in [0.25, 0.3) is 11.3 Å². The minimum Gasteiger partial charge on any atom is -0.358 e. The highest BCUT2D eigenvalue weighted by atomic mass is 32.1. The monoisotopic (exact) mass is 520 g/mol. The van der Waals surface area contributed by atoms with Crippen molar-refractivity contribution in [2.45, 2.75) is 38.8 Å². The van der Waals surface area contributed by atoms with Crippen LogP contribution in [0.1, 0.15) is 23.6 Å². The summed E-state index contributed by atoms with van der Waals surface area (Å²) in [6.07, 6.45) is -6.49. The number of thiazole rings is 1. The van der Waals surface area contributed by atoms with Crippen molar-refractivity contribution < 1.29 is 31.1 Å². The van der Waals surface area contributed by atoms with E-state index in [9.17, 15) is 31.1 Å². The number of nitrogens with zero attached hydrogens (tertiary/aromatic N) is 8. The van der Waals surface area contributed by atoms with Crippen LogP contribution in [0.3, 0.4) is 0 Å². The molecule has 1 saturated heterocycles. The van der Waals surface area contributed by atoms with Gasteiger partial charge in [0.15, 0.2) is 0 Å². The van der Waals surface area contributed by atoms with Crippen LogP contribution < -0.4 is 4.90 Å². The molecule has 16 heteroatoms. The van der Waals surface area contributed by atoms with E-state index < -0.39 is 23.2 Å². The molecule has 0 N–H and O–H groups in total. The molecule has 4 heterocycles. The molecule has 0 saturated carbocycles. The molecule has 0 aliphatic carbocycles. The lowest BCUT2D eigenvalue weighted by molar-refractivity contribution is -0.145. The van der Waals surface area contributed by atoms with Gasteiger partial charge >= 0.3 is 12.4 Å². The minimum absolute atomic E-state index is 0.0297. The fraction of sp³-hybridized carbons (Fsp3) is 0.474.